The molecule has 3 N–H and O–H groups in total. The van der Waals surface area contributed by atoms with E-state index in [1.807, 2.05) is 12.1 Å². The summed E-state index contributed by atoms with van der Waals surface area (Å²) in [6.07, 6.45) is 1.95. The van der Waals surface area contributed by atoms with Crippen molar-refractivity contribution in [1.82, 2.24) is 0 Å². The molecule has 86 valence electrons. The lowest BCUT2D eigenvalue weighted by Crippen LogP contribution is -2.35. The van der Waals surface area contributed by atoms with Gasteiger partial charge in [-0.05, 0) is 36.5 Å². The number of carbonyl (C=O) groups is 1. The van der Waals surface area contributed by atoms with Crippen LogP contribution < -0.4 is 5.73 Å². The summed E-state index contributed by atoms with van der Waals surface area (Å²) in [6, 6.07) is 6.10. The molecule has 1 unspecified atom stereocenters. The van der Waals surface area contributed by atoms with E-state index in [-0.39, 0.29) is 11.8 Å². The maximum Gasteiger partial charge on any atom is 0.304 e. The standard InChI is InChI=1S/C13H17NO2/c1-9-3-2-4-11-10(9)5-6-13(11,8-14)7-12(15)16/h2-4H,5-8,14H2,1H3,(H,15,16). The Morgan fingerprint density at radius 2 is 2.31 bits per heavy atom. The van der Waals surface area contributed by atoms with Gasteiger partial charge < -0.3 is 10.8 Å². The smallest absolute Gasteiger partial charge is 0.304 e. The van der Waals surface area contributed by atoms with Crippen molar-refractivity contribution in [2.45, 2.75) is 31.6 Å². The topological polar surface area (TPSA) is 63.3 Å². The molecule has 2 rings (SSSR count). The van der Waals surface area contributed by atoms with Crippen LogP contribution in [0.25, 0.3) is 0 Å². The highest BCUT2D eigenvalue weighted by atomic mass is 16.4. The molecular weight excluding hydrogens is 202 g/mol. The van der Waals surface area contributed by atoms with Gasteiger partial charge >= 0.3 is 5.97 Å². The molecule has 1 aromatic carbocycles. The summed E-state index contributed by atoms with van der Waals surface area (Å²) < 4.78 is 0. The number of carboxylic acids is 1. The number of benzene rings is 1. The molecular formula is C13H17NO2. The van der Waals surface area contributed by atoms with Crippen molar-refractivity contribution in [3.8, 4) is 0 Å². The van der Waals surface area contributed by atoms with Crippen LogP contribution in [0, 0.1) is 6.92 Å². The average Bonchev–Trinajstić information content (AvgIpc) is 2.59. The third kappa shape index (κ3) is 1.61. The number of aryl methyl sites for hydroxylation is 1. The summed E-state index contributed by atoms with van der Waals surface area (Å²) in [4.78, 5) is 11.0. The molecule has 16 heavy (non-hydrogen) atoms. The van der Waals surface area contributed by atoms with Gasteiger partial charge in [-0.1, -0.05) is 18.2 Å². The SMILES string of the molecule is Cc1cccc2c1CCC2(CN)CC(=O)O. The van der Waals surface area contributed by atoms with Gasteiger partial charge in [-0.3, -0.25) is 4.79 Å². The first-order chi connectivity index (χ1) is 7.59. The van der Waals surface area contributed by atoms with E-state index >= 15 is 0 Å². The molecule has 1 aromatic rings. The number of nitrogens with two attached hydrogens (primary N) is 1. The number of hydrogen-bond acceptors (Lipinski definition) is 2. The van der Waals surface area contributed by atoms with Crippen LogP contribution in [0.2, 0.25) is 0 Å². The van der Waals surface area contributed by atoms with Gasteiger partial charge in [0.2, 0.25) is 0 Å². The summed E-state index contributed by atoms with van der Waals surface area (Å²) >= 11 is 0. The predicted octanol–water partition coefficient (Wildman–Crippen LogP) is 1.61. The van der Waals surface area contributed by atoms with Crippen LogP contribution in [0.4, 0.5) is 0 Å². The van der Waals surface area contributed by atoms with E-state index < -0.39 is 5.97 Å². The molecule has 0 fully saturated rings. The number of rotatable bonds is 3. The van der Waals surface area contributed by atoms with Gasteiger partial charge in [0.25, 0.3) is 0 Å². The largest absolute Gasteiger partial charge is 0.481 e. The predicted molar refractivity (Wildman–Crippen MR) is 62.5 cm³/mol. The van der Waals surface area contributed by atoms with Crippen molar-refractivity contribution in [2.24, 2.45) is 5.73 Å². The molecule has 0 aromatic heterocycles. The first-order valence-electron chi connectivity index (χ1n) is 5.60. The molecule has 0 heterocycles. The zero-order valence-electron chi connectivity index (χ0n) is 9.49. The zero-order valence-corrected chi connectivity index (χ0v) is 9.49. The number of aliphatic carboxylic acids is 1. The maximum absolute atomic E-state index is 11.0. The van der Waals surface area contributed by atoms with Crippen LogP contribution in [0.15, 0.2) is 18.2 Å². The summed E-state index contributed by atoms with van der Waals surface area (Å²) in [7, 11) is 0. The normalized spacial score (nSPS) is 23.1. The van der Waals surface area contributed by atoms with E-state index in [0.29, 0.717) is 6.54 Å². The molecule has 0 saturated carbocycles. The Balaban J connectivity index is 2.47. The lowest BCUT2D eigenvalue weighted by Gasteiger charge is -2.27. The van der Waals surface area contributed by atoms with Crippen LogP contribution in [-0.4, -0.2) is 17.6 Å². The van der Waals surface area contributed by atoms with Crippen LogP contribution in [0.5, 0.6) is 0 Å². The van der Waals surface area contributed by atoms with E-state index in [0.717, 1.165) is 18.4 Å². The van der Waals surface area contributed by atoms with Gasteiger partial charge in [-0.15, -0.1) is 0 Å². The lowest BCUT2D eigenvalue weighted by atomic mass is 9.78. The zero-order chi connectivity index (χ0) is 11.8. The third-order valence-corrected chi connectivity index (χ3v) is 3.72. The molecule has 3 heteroatoms. The monoisotopic (exact) mass is 219 g/mol. The summed E-state index contributed by atoms with van der Waals surface area (Å²) in [5, 5.41) is 9.01. The van der Waals surface area contributed by atoms with Crippen molar-refractivity contribution in [3.63, 3.8) is 0 Å². The van der Waals surface area contributed by atoms with Crippen LogP contribution in [-0.2, 0) is 16.6 Å². The van der Waals surface area contributed by atoms with Crippen LogP contribution in [0.1, 0.15) is 29.5 Å². The van der Waals surface area contributed by atoms with Gasteiger partial charge in [-0.25, -0.2) is 0 Å². The molecule has 1 atom stereocenters. The van der Waals surface area contributed by atoms with E-state index in [4.69, 9.17) is 10.8 Å². The third-order valence-electron chi connectivity index (χ3n) is 3.72. The molecule has 0 radical (unpaired) electrons. The van der Waals surface area contributed by atoms with Crippen molar-refractivity contribution in [3.05, 3.63) is 34.9 Å². The molecule has 0 aliphatic heterocycles. The van der Waals surface area contributed by atoms with Crippen LogP contribution >= 0.6 is 0 Å². The molecule has 1 aliphatic carbocycles. The fraction of sp³-hybridized carbons (Fsp3) is 0.462. The Morgan fingerprint density at radius 1 is 1.56 bits per heavy atom. The first-order valence-corrected chi connectivity index (χ1v) is 5.60. The van der Waals surface area contributed by atoms with Gasteiger partial charge in [-0.2, -0.15) is 0 Å². The van der Waals surface area contributed by atoms with Gasteiger partial charge in [0.1, 0.15) is 0 Å². The number of fused-ring (bicyclic) bond motifs is 1. The van der Waals surface area contributed by atoms with E-state index in [2.05, 4.69) is 13.0 Å². The second-order valence-electron chi connectivity index (χ2n) is 4.66. The quantitative estimate of drug-likeness (QED) is 0.811. The Morgan fingerprint density at radius 3 is 2.94 bits per heavy atom. The van der Waals surface area contributed by atoms with Crippen molar-refractivity contribution in [2.75, 3.05) is 6.54 Å². The minimum atomic E-state index is -0.764. The fourth-order valence-electron chi connectivity index (χ4n) is 2.79. The Labute approximate surface area is 95.3 Å². The first kappa shape index (κ1) is 11.1. The van der Waals surface area contributed by atoms with E-state index in [1.54, 1.807) is 0 Å². The molecule has 0 amide bonds. The summed E-state index contributed by atoms with van der Waals surface area (Å²) in [5.74, 6) is -0.764. The van der Waals surface area contributed by atoms with E-state index in [9.17, 15) is 4.79 Å². The minimum absolute atomic E-state index is 0.139. The Kier molecular flexibility index (Phi) is 2.72. The molecule has 0 spiro atoms. The van der Waals surface area contributed by atoms with Crippen LogP contribution in [0.3, 0.4) is 0 Å². The second kappa shape index (κ2) is 3.91. The highest BCUT2D eigenvalue weighted by Gasteiger charge is 2.39. The van der Waals surface area contributed by atoms with Gasteiger partial charge in [0.05, 0.1) is 6.42 Å². The fourth-order valence-corrected chi connectivity index (χ4v) is 2.79. The molecule has 1 aliphatic rings. The van der Waals surface area contributed by atoms with E-state index in [1.165, 1.54) is 11.1 Å². The molecule has 3 nitrogen and oxygen atoms in total. The number of carboxylic acid groups (broad SMARTS) is 1. The van der Waals surface area contributed by atoms with Gasteiger partial charge in [0, 0.05) is 12.0 Å². The molecule has 0 bridgehead atoms. The lowest BCUT2D eigenvalue weighted by molar-refractivity contribution is -0.138. The Hall–Kier alpha value is -1.35. The Bertz CT molecular complexity index is 428. The molecule has 0 saturated heterocycles. The van der Waals surface area contributed by atoms with Crippen molar-refractivity contribution >= 4 is 5.97 Å². The maximum atomic E-state index is 11.0. The highest BCUT2D eigenvalue weighted by molar-refractivity contribution is 5.70. The highest BCUT2D eigenvalue weighted by Crippen LogP contribution is 2.42. The van der Waals surface area contributed by atoms with Crippen molar-refractivity contribution in [1.29, 1.82) is 0 Å². The van der Waals surface area contributed by atoms with Gasteiger partial charge in [0.15, 0.2) is 0 Å². The summed E-state index contributed by atoms with van der Waals surface area (Å²) in [5.41, 5.74) is 9.18. The average molecular weight is 219 g/mol. The minimum Gasteiger partial charge on any atom is -0.481 e. The van der Waals surface area contributed by atoms with Crippen molar-refractivity contribution < 1.29 is 9.90 Å². The number of hydrogen-bond donors (Lipinski definition) is 2. The summed E-state index contributed by atoms with van der Waals surface area (Å²) in [6.45, 7) is 2.49. The second-order valence-corrected chi connectivity index (χ2v) is 4.66.